The monoisotopic (exact) mass is 426 g/mol. The molecule has 1 aliphatic rings. The standard InChI is InChI=1S/C18H26N2O6.2C2H6/c1-24-14-10-13(11-15(25-2)18(14)26-3)12-19-6-8-20(9-7-19)16(21)4-5-17(22)23;2*1-2/h10-11H,4-9,12H2,1-3H3,(H,22,23);2*1-2H3. The van der Waals surface area contributed by atoms with Crippen LogP contribution in [0.15, 0.2) is 12.1 Å². The van der Waals surface area contributed by atoms with Crippen molar-refractivity contribution in [3.8, 4) is 17.2 Å². The molecule has 0 bridgehead atoms. The Kier molecular flexibility index (Phi) is 14.1. The zero-order valence-electron chi connectivity index (χ0n) is 19.5. The predicted molar refractivity (Wildman–Crippen MR) is 118 cm³/mol. The second-order valence-electron chi connectivity index (χ2n) is 6.08. The normalized spacial score (nSPS) is 13.2. The zero-order valence-corrected chi connectivity index (χ0v) is 19.5. The number of benzene rings is 1. The van der Waals surface area contributed by atoms with Gasteiger partial charge in [-0.3, -0.25) is 14.5 Å². The Labute approximate surface area is 180 Å². The van der Waals surface area contributed by atoms with Gasteiger partial charge in [-0.05, 0) is 17.7 Å². The highest BCUT2D eigenvalue weighted by molar-refractivity contribution is 5.80. The van der Waals surface area contributed by atoms with Gasteiger partial charge in [0.1, 0.15) is 0 Å². The highest BCUT2D eigenvalue weighted by atomic mass is 16.5. The van der Waals surface area contributed by atoms with Gasteiger partial charge < -0.3 is 24.2 Å². The van der Waals surface area contributed by atoms with Gasteiger partial charge in [-0.1, -0.05) is 27.7 Å². The summed E-state index contributed by atoms with van der Waals surface area (Å²) < 4.78 is 16.1. The van der Waals surface area contributed by atoms with Gasteiger partial charge in [0, 0.05) is 39.1 Å². The number of carbonyl (C=O) groups is 2. The second kappa shape index (κ2) is 15.4. The first-order valence-electron chi connectivity index (χ1n) is 10.5. The minimum absolute atomic E-state index is 0.0577. The van der Waals surface area contributed by atoms with E-state index in [0.29, 0.717) is 36.9 Å². The van der Waals surface area contributed by atoms with E-state index in [9.17, 15) is 9.59 Å². The molecule has 30 heavy (non-hydrogen) atoms. The summed E-state index contributed by atoms with van der Waals surface area (Å²) in [5.74, 6) is 0.750. The molecular weight excluding hydrogens is 388 g/mol. The van der Waals surface area contributed by atoms with E-state index in [-0.39, 0.29) is 18.7 Å². The maximum absolute atomic E-state index is 12.0. The number of methoxy groups -OCH3 is 3. The van der Waals surface area contributed by atoms with Gasteiger partial charge in [0.15, 0.2) is 11.5 Å². The topological polar surface area (TPSA) is 88.5 Å². The molecule has 172 valence electrons. The van der Waals surface area contributed by atoms with E-state index >= 15 is 0 Å². The van der Waals surface area contributed by atoms with E-state index in [1.165, 1.54) is 0 Å². The number of carboxylic acid groups (broad SMARTS) is 1. The van der Waals surface area contributed by atoms with Crippen molar-refractivity contribution in [2.45, 2.75) is 47.1 Å². The van der Waals surface area contributed by atoms with Crippen LogP contribution >= 0.6 is 0 Å². The lowest BCUT2D eigenvalue weighted by Gasteiger charge is -2.35. The average molecular weight is 427 g/mol. The van der Waals surface area contributed by atoms with E-state index < -0.39 is 5.97 Å². The van der Waals surface area contributed by atoms with E-state index in [1.807, 2.05) is 39.8 Å². The van der Waals surface area contributed by atoms with Crippen molar-refractivity contribution >= 4 is 11.9 Å². The molecule has 1 amide bonds. The Morgan fingerprint density at radius 1 is 0.867 bits per heavy atom. The molecule has 2 rings (SSSR count). The minimum Gasteiger partial charge on any atom is -0.493 e. The van der Waals surface area contributed by atoms with Crippen molar-refractivity contribution < 1.29 is 28.9 Å². The first kappa shape index (κ1) is 27.5. The zero-order chi connectivity index (χ0) is 23.1. The Morgan fingerprint density at radius 3 is 1.77 bits per heavy atom. The minimum atomic E-state index is -0.945. The summed E-state index contributed by atoms with van der Waals surface area (Å²) in [5, 5.41) is 8.68. The number of ether oxygens (including phenoxy) is 3. The fraction of sp³-hybridized carbons (Fsp3) is 0.636. The molecule has 1 saturated heterocycles. The van der Waals surface area contributed by atoms with Crippen LogP contribution in [0.25, 0.3) is 0 Å². The maximum atomic E-state index is 12.0. The Hall–Kier alpha value is -2.48. The van der Waals surface area contributed by atoms with Gasteiger partial charge in [0.2, 0.25) is 11.7 Å². The lowest BCUT2D eigenvalue weighted by Crippen LogP contribution is -2.48. The molecule has 0 spiro atoms. The third-order valence-electron chi connectivity index (χ3n) is 4.41. The van der Waals surface area contributed by atoms with Crippen LogP contribution in [-0.4, -0.2) is 74.3 Å². The Morgan fingerprint density at radius 2 is 1.37 bits per heavy atom. The SMILES string of the molecule is CC.CC.COc1cc(CN2CCN(C(=O)CCC(=O)O)CC2)cc(OC)c1OC. The van der Waals surface area contributed by atoms with Crippen LogP contribution in [0.3, 0.4) is 0 Å². The summed E-state index contributed by atoms with van der Waals surface area (Å²) in [6, 6.07) is 3.84. The van der Waals surface area contributed by atoms with E-state index in [0.717, 1.165) is 18.7 Å². The molecule has 0 saturated carbocycles. The number of nitrogens with zero attached hydrogens (tertiary/aromatic N) is 2. The van der Waals surface area contributed by atoms with Crippen molar-refractivity contribution in [3.05, 3.63) is 17.7 Å². The molecule has 1 aliphatic heterocycles. The highest BCUT2D eigenvalue weighted by Crippen LogP contribution is 2.38. The first-order valence-corrected chi connectivity index (χ1v) is 10.5. The molecule has 1 heterocycles. The van der Waals surface area contributed by atoms with Crippen LogP contribution in [-0.2, 0) is 16.1 Å². The summed E-state index contributed by atoms with van der Waals surface area (Å²) in [5.41, 5.74) is 1.03. The van der Waals surface area contributed by atoms with Crippen molar-refractivity contribution in [2.24, 2.45) is 0 Å². The molecule has 0 aliphatic carbocycles. The third-order valence-corrected chi connectivity index (χ3v) is 4.41. The lowest BCUT2D eigenvalue weighted by molar-refractivity contribution is -0.141. The summed E-state index contributed by atoms with van der Waals surface area (Å²) >= 11 is 0. The smallest absolute Gasteiger partial charge is 0.303 e. The maximum Gasteiger partial charge on any atom is 0.303 e. The van der Waals surface area contributed by atoms with Gasteiger partial charge in [0.05, 0.1) is 27.8 Å². The number of carboxylic acids is 1. The molecule has 8 heteroatoms. The Bertz CT molecular complexity index is 618. The van der Waals surface area contributed by atoms with Crippen molar-refractivity contribution in [1.82, 2.24) is 9.80 Å². The van der Waals surface area contributed by atoms with Crippen LogP contribution in [0.2, 0.25) is 0 Å². The fourth-order valence-electron chi connectivity index (χ4n) is 3.01. The van der Waals surface area contributed by atoms with Crippen molar-refractivity contribution in [3.63, 3.8) is 0 Å². The van der Waals surface area contributed by atoms with Crippen molar-refractivity contribution in [1.29, 1.82) is 0 Å². The number of hydrogen-bond acceptors (Lipinski definition) is 6. The van der Waals surface area contributed by atoms with Gasteiger partial charge in [-0.2, -0.15) is 0 Å². The number of hydrogen-bond donors (Lipinski definition) is 1. The van der Waals surface area contributed by atoms with Crippen LogP contribution < -0.4 is 14.2 Å². The largest absolute Gasteiger partial charge is 0.493 e. The molecule has 0 radical (unpaired) electrons. The first-order chi connectivity index (χ1) is 14.5. The summed E-state index contributed by atoms with van der Waals surface area (Å²) in [7, 11) is 4.74. The van der Waals surface area contributed by atoms with Crippen LogP contribution in [0.5, 0.6) is 17.2 Å². The number of piperazine rings is 1. The van der Waals surface area contributed by atoms with Gasteiger partial charge in [-0.25, -0.2) is 0 Å². The number of aliphatic carboxylic acids is 1. The summed E-state index contributed by atoms with van der Waals surface area (Å²) in [6.07, 6.45) is -0.0628. The molecule has 0 atom stereocenters. The summed E-state index contributed by atoms with van der Waals surface area (Å²) in [4.78, 5) is 26.6. The quantitative estimate of drug-likeness (QED) is 0.682. The third kappa shape index (κ3) is 8.49. The van der Waals surface area contributed by atoms with Gasteiger partial charge in [-0.15, -0.1) is 0 Å². The lowest BCUT2D eigenvalue weighted by atomic mass is 10.1. The number of rotatable bonds is 8. The van der Waals surface area contributed by atoms with E-state index in [4.69, 9.17) is 19.3 Å². The number of carbonyl (C=O) groups excluding carboxylic acids is 1. The number of amides is 1. The van der Waals surface area contributed by atoms with E-state index in [1.54, 1.807) is 26.2 Å². The van der Waals surface area contributed by atoms with Crippen LogP contribution in [0.4, 0.5) is 0 Å². The molecule has 1 fully saturated rings. The molecule has 0 unspecified atom stereocenters. The summed E-state index contributed by atoms with van der Waals surface area (Å²) in [6.45, 7) is 11.4. The van der Waals surface area contributed by atoms with Crippen LogP contribution in [0.1, 0.15) is 46.1 Å². The second-order valence-corrected chi connectivity index (χ2v) is 6.08. The van der Waals surface area contributed by atoms with Gasteiger partial charge in [0.25, 0.3) is 0 Å². The van der Waals surface area contributed by atoms with Crippen LogP contribution in [0, 0.1) is 0 Å². The molecule has 1 aromatic carbocycles. The predicted octanol–water partition coefficient (Wildman–Crippen LogP) is 3.27. The molecule has 0 aromatic heterocycles. The molecule has 1 N–H and O–H groups in total. The van der Waals surface area contributed by atoms with E-state index in [2.05, 4.69) is 4.90 Å². The highest BCUT2D eigenvalue weighted by Gasteiger charge is 2.22. The molecule has 1 aromatic rings. The van der Waals surface area contributed by atoms with Gasteiger partial charge >= 0.3 is 5.97 Å². The molecular formula is C22H38N2O6. The average Bonchev–Trinajstić information content (AvgIpc) is 2.79. The fourth-order valence-corrected chi connectivity index (χ4v) is 3.01. The Balaban J connectivity index is 0.00000198. The molecule has 8 nitrogen and oxygen atoms in total. The van der Waals surface area contributed by atoms with Crippen molar-refractivity contribution in [2.75, 3.05) is 47.5 Å².